The highest BCUT2D eigenvalue weighted by Crippen LogP contribution is 2.35. The maximum Gasteiger partial charge on any atom is 0.223 e. The number of hydrogen-bond donors (Lipinski definition) is 2. The number of amidine groups is 1. The van der Waals surface area contributed by atoms with Gasteiger partial charge in [-0.25, -0.2) is 23.7 Å². The van der Waals surface area contributed by atoms with Crippen LogP contribution in [0.1, 0.15) is 57.1 Å². The maximum absolute atomic E-state index is 14.4. The van der Waals surface area contributed by atoms with Gasteiger partial charge in [-0.05, 0) is 50.2 Å². The molecule has 2 aliphatic heterocycles. The molecule has 0 amide bonds. The van der Waals surface area contributed by atoms with Gasteiger partial charge in [0, 0.05) is 31.2 Å². The van der Waals surface area contributed by atoms with E-state index in [1.54, 1.807) is 6.20 Å². The summed E-state index contributed by atoms with van der Waals surface area (Å²) in [5.41, 5.74) is 1.90. The standard InChI is InChI=1S/C25H31F2N5O/c26-18-6-8-21(20(27)14-18)30-24-17(13-16-3-1-2-4-16)5-7-22-23(31-24)15-28-25(32-22)29-19-9-11-33-12-10-19/h6,8,14-17,19H,1-5,7,9-13H2,(H,30,31)(H,28,29,32). The summed E-state index contributed by atoms with van der Waals surface area (Å²) in [5.74, 6) is 0.938. The van der Waals surface area contributed by atoms with Gasteiger partial charge >= 0.3 is 0 Å². The van der Waals surface area contributed by atoms with Gasteiger partial charge in [0.15, 0.2) is 5.82 Å². The number of benzene rings is 1. The molecule has 0 spiro atoms. The van der Waals surface area contributed by atoms with Crippen LogP contribution in [0.2, 0.25) is 0 Å². The molecule has 5 rings (SSSR count). The van der Waals surface area contributed by atoms with Crippen LogP contribution in [0.15, 0.2) is 29.4 Å². The van der Waals surface area contributed by atoms with Crippen molar-refractivity contribution < 1.29 is 13.5 Å². The van der Waals surface area contributed by atoms with E-state index in [-0.39, 0.29) is 11.6 Å². The van der Waals surface area contributed by atoms with E-state index in [0.717, 1.165) is 68.6 Å². The summed E-state index contributed by atoms with van der Waals surface area (Å²) in [7, 11) is 0. The van der Waals surface area contributed by atoms with E-state index in [0.29, 0.717) is 17.9 Å². The first-order valence-corrected chi connectivity index (χ1v) is 12.1. The summed E-state index contributed by atoms with van der Waals surface area (Å²) in [6.45, 7) is 1.51. The number of nitrogens with one attached hydrogen (secondary N) is 2. The molecule has 8 heteroatoms. The fourth-order valence-electron chi connectivity index (χ4n) is 5.19. The third-order valence-electron chi connectivity index (χ3n) is 7.04. The first kappa shape index (κ1) is 22.2. The van der Waals surface area contributed by atoms with Crippen LogP contribution >= 0.6 is 0 Å². The zero-order chi connectivity index (χ0) is 22.6. The summed E-state index contributed by atoms with van der Waals surface area (Å²) >= 11 is 0. The van der Waals surface area contributed by atoms with Gasteiger partial charge in [-0.2, -0.15) is 0 Å². The highest BCUT2D eigenvalue weighted by Gasteiger charge is 2.28. The lowest BCUT2D eigenvalue weighted by Gasteiger charge is -2.23. The molecule has 33 heavy (non-hydrogen) atoms. The Morgan fingerprint density at radius 2 is 1.91 bits per heavy atom. The zero-order valence-corrected chi connectivity index (χ0v) is 18.8. The summed E-state index contributed by atoms with van der Waals surface area (Å²) in [6.07, 6.45) is 11.4. The van der Waals surface area contributed by atoms with Crippen molar-refractivity contribution in [3.63, 3.8) is 0 Å². The van der Waals surface area contributed by atoms with Crippen LogP contribution in [-0.2, 0) is 11.2 Å². The summed E-state index contributed by atoms with van der Waals surface area (Å²) in [6, 6.07) is 3.85. The highest BCUT2D eigenvalue weighted by atomic mass is 19.1. The van der Waals surface area contributed by atoms with Gasteiger partial charge in [0.05, 0.1) is 17.6 Å². The van der Waals surface area contributed by atoms with E-state index in [1.165, 1.54) is 37.8 Å². The fraction of sp³-hybridized carbons (Fsp3) is 0.560. The van der Waals surface area contributed by atoms with Crippen molar-refractivity contribution >= 4 is 23.2 Å². The molecular formula is C25H31F2N5O. The fourth-order valence-corrected chi connectivity index (χ4v) is 5.19. The van der Waals surface area contributed by atoms with E-state index in [1.807, 2.05) is 0 Å². The van der Waals surface area contributed by atoms with E-state index in [2.05, 4.69) is 20.6 Å². The maximum atomic E-state index is 14.4. The van der Waals surface area contributed by atoms with Crippen molar-refractivity contribution in [3.05, 3.63) is 41.7 Å². The van der Waals surface area contributed by atoms with E-state index in [9.17, 15) is 8.78 Å². The minimum absolute atomic E-state index is 0.150. The number of aromatic nitrogens is 2. The van der Waals surface area contributed by atoms with Gasteiger partial charge in [0.1, 0.15) is 17.3 Å². The molecule has 0 bridgehead atoms. The van der Waals surface area contributed by atoms with Crippen molar-refractivity contribution in [2.24, 2.45) is 16.8 Å². The Balaban J connectivity index is 1.40. The summed E-state index contributed by atoms with van der Waals surface area (Å²) in [5, 5.41) is 6.86. The van der Waals surface area contributed by atoms with Crippen molar-refractivity contribution in [1.82, 2.24) is 9.97 Å². The Bertz CT molecular complexity index is 1000. The third kappa shape index (κ3) is 5.49. The first-order chi connectivity index (χ1) is 16.1. The predicted molar refractivity (Wildman–Crippen MR) is 125 cm³/mol. The first-order valence-electron chi connectivity index (χ1n) is 12.1. The van der Waals surface area contributed by atoms with Crippen molar-refractivity contribution in [3.8, 4) is 0 Å². The van der Waals surface area contributed by atoms with Gasteiger partial charge in [-0.3, -0.25) is 0 Å². The molecule has 2 aromatic rings. The lowest BCUT2D eigenvalue weighted by Crippen LogP contribution is -2.28. The molecule has 0 radical (unpaired) electrons. The summed E-state index contributed by atoms with van der Waals surface area (Å²) < 4.78 is 33.2. The molecule has 3 aliphatic rings. The number of ether oxygens (including phenoxy) is 1. The van der Waals surface area contributed by atoms with E-state index < -0.39 is 11.6 Å². The van der Waals surface area contributed by atoms with Crippen LogP contribution in [0.25, 0.3) is 0 Å². The number of nitrogens with zero attached hydrogens (tertiary/aromatic N) is 3. The van der Waals surface area contributed by atoms with Crippen LogP contribution < -0.4 is 10.6 Å². The van der Waals surface area contributed by atoms with Crippen molar-refractivity contribution in [1.29, 1.82) is 0 Å². The molecule has 1 aromatic carbocycles. The van der Waals surface area contributed by atoms with E-state index in [4.69, 9.17) is 9.72 Å². The van der Waals surface area contributed by atoms with E-state index >= 15 is 0 Å². The molecule has 1 saturated carbocycles. The number of aliphatic imine (C=N–C) groups is 1. The quantitative estimate of drug-likeness (QED) is 0.611. The molecule has 2 fully saturated rings. The van der Waals surface area contributed by atoms with Crippen molar-refractivity contribution in [2.75, 3.05) is 23.8 Å². The number of fused-ring (bicyclic) bond motifs is 1. The Kier molecular flexibility index (Phi) is 6.80. The Labute approximate surface area is 193 Å². The minimum atomic E-state index is -0.652. The molecule has 1 unspecified atom stereocenters. The highest BCUT2D eigenvalue weighted by molar-refractivity contribution is 5.99. The molecule has 3 heterocycles. The second-order valence-electron chi connectivity index (χ2n) is 9.42. The number of anilines is 2. The Morgan fingerprint density at radius 3 is 2.70 bits per heavy atom. The molecule has 1 aliphatic carbocycles. The number of hydrogen-bond acceptors (Lipinski definition) is 5. The average Bonchev–Trinajstić information content (AvgIpc) is 3.27. The van der Waals surface area contributed by atoms with Gasteiger partial charge in [-0.1, -0.05) is 25.7 Å². The second-order valence-corrected chi connectivity index (χ2v) is 9.42. The smallest absolute Gasteiger partial charge is 0.223 e. The van der Waals surface area contributed by atoms with Crippen LogP contribution in [0.5, 0.6) is 0 Å². The topological polar surface area (TPSA) is 71.4 Å². The van der Waals surface area contributed by atoms with Crippen LogP contribution in [-0.4, -0.2) is 35.1 Å². The average molecular weight is 456 g/mol. The monoisotopic (exact) mass is 455 g/mol. The lowest BCUT2D eigenvalue weighted by atomic mass is 9.89. The SMILES string of the molecule is Fc1ccc(N=C2Nc3cnc(NC4CCOCC4)nc3CCC2CC2CCCC2)c(F)c1. The largest absolute Gasteiger partial charge is 0.381 e. The van der Waals surface area contributed by atoms with Crippen molar-refractivity contribution in [2.45, 2.75) is 63.8 Å². The number of rotatable bonds is 5. The zero-order valence-electron chi connectivity index (χ0n) is 18.8. The predicted octanol–water partition coefficient (Wildman–Crippen LogP) is 5.63. The molecule has 176 valence electrons. The van der Waals surface area contributed by atoms with Gasteiger partial charge in [0.25, 0.3) is 0 Å². The molecule has 1 saturated heterocycles. The Morgan fingerprint density at radius 1 is 1.09 bits per heavy atom. The molecule has 1 aromatic heterocycles. The number of aryl methyl sites for hydroxylation is 1. The molecule has 6 nitrogen and oxygen atoms in total. The van der Waals surface area contributed by atoms with Gasteiger partial charge in [-0.15, -0.1) is 0 Å². The molecular weight excluding hydrogens is 424 g/mol. The Hall–Kier alpha value is -2.61. The molecule has 2 N–H and O–H groups in total. The van der Waals surface area contributed by atoms with Crippen LogP contribution in [0, 0.1) is 23.5 Å². The minimum Gasteiger partial charge on any atom is -0.381 e. The van der Waals surface area contributed by atoms with Crippen LogP contribution in [0.4, 0.5) is 26.1 Å². The van der Waals surface area contributed by atoms with Gasteiger partial charge < -0.3 is 15.4 Å². The molecule has 1 atom stereocenters. The third-order valence-corrected chi connectivity index (χ3v) is 7.04. The lowest BCUT2D eigenvalue weighted by molar-refractivity contribution is 0.0903. The normalized spacial score (nSPS) is 23.2. The second kappa shape index (κ2) is 10.1. The summed E-state index contributed by atoms with van der Waals surface area (Å²) in [4.78, 5) is 14.0. The van der Waals surface area contributed by atoms with Gasteiger partial charge in [0.2, 0.25) is 5.95 Å². The number of halogens is 2. The van der Waals surface area contributed by atoms with Crippen LogP contribution in [0.3, 0.4) is 0 Å².